The summed E-state index contributed by atoms with van der Waals surface area (Å²) in [7, 11) is 1.57. The first-order chi connectivity index (χ1) is 10.1. The zero-order valence-electron chi connectivity index (χ0n) is 12.9. The molecule has 1 amide bonds. The lowest BCUT2D eigenvalue weighted by Crippen LogP contribution is -2.32. The van der Waals surface area contributed by atoms with Gasteiger partial charge in [0.05, 0.1) is 12.8 Å². The van der Waals surface area contributed by atoms with Gasteiger partial charge in [-0.3, -0.25) is 9.69 Å². The maximum Gasteiger partial charge on any atom is 0.225 e. The first-order valence-corrected chi connectivity index (χ1v) is 7.61. The molecule has 1 fully saturated rings. The van der Waals surface area contributed by atoms with Crippen LogP contribution >= 0.6 is 0 Å². The Bertz CT molecular complexity index is 490. The van der Waals surface area contributed by atoms with Gasteiger partial charge in [-0.05, 0) is 37.9 Å². The second kappa shape index (κ2) is 7.31. The van der Waals surface area contributed by atoms with Crippen LogP contribution < -0.4 is 15.8 Å². The number of hydrogen-bond donors (Lipinski definition) is 2. The molecular weight excluding hydrogens is 266 g/mol. The normalized spacial score (nSPS) is 18.7. The van der Waals surface area contributed by atoms with Gasteiger partial charge in [0.25, 0.3) is 0 Å². The number of carbonyl (C=O) groups is 1. The highest BCUT2D eigenvalue weighted by atomic mass is 16.5. The van der Waals surface area contributed by atoms with Crippen molar-refractivity contribution >= 4 is 17.3 Å². The van der Waals surface area contributed by atoms with Crippen molar-refractivity contribution < 1.29 is 9.53 Å². The quantitative estimate of drug-likeness (QED) is 0.790. The van der Waals surface area contributed by atoms with Gasteiger partial charge in [0.1, 0.15) is 5.75 Å². The molecule has 0 spiro atoms. The minimum atomic E-state index is 0.0137. The summed E-state index contributed by atoms with van der Waals surface area (Å²) in [6.45, 7) is 4.14. The Hall–Kier alpha value is -1.75. The van der Waals surface area contributed by atoms with Crippen LogP contribution in [0.3, 0.4) is 0 Å². The average Bonchev–Trinajstić information content (AvgIpc) is 2.94. The summed E-state index contributed by atoms with van der Waals surface area (Å²) < 4.78 is 5.23. The number of likely N-dealkylation sites (tertiary alicyclic amines) is 1. The van der Waals surface area contributed by atoms with Gasteiger partial charge < -0.3 is 15.8 Å². The highest BCUT2D eigenvalue weighted by Crippen LogP contribution is 2.27. The molecule has 0 bridgehead atoms. The summed E-state index contributed by atoms with van der Waals surface area (Å²) in [6.07, 6.45) is 4.16. The molecule has 3 N–H and O–H groups in total. The number of nitrogens with one attached hydrogen (secondary N) is 1. The number of methoxy groups -OCH3 is 1. The molecule has 1 atom stereocenters. The van der Waals surface area contributed by atoms with E-state index in [-0.39, 0.29) is 5.91 Å². The first-order valence-electron chi connectivity index (χ1n) is 7.61. The number of amides is 1. The number of ether oxygens (including phenoxy) is 1. The summed E-state index contributed by atoms with van der Waals surface area (Å²) in [5.74, 6) is 0.607. The molecule has 1 aliphatic heterocycles. The van der Waals surface area contributed by atoms with Gasteiger partial charge in [0, 0.05) is 30.8 Å². The van der Waals surface area contributed by atoms with E-state index < -0.39 is 0 Å². The van der Waals surface area contributed by atoms with E-state index in [4.69, 9.17) is 10.5 Å². The third kappa shape index (κ3) is 4.11. The molecule has 1 saturated heterocycles. The molecule has 1 unspecified atom stereocenters. The highest BCUT2D eigenvalue weighted by molar-refractivity contribution is 5.92. The molecule has 0 radical (unpaired) electrons. The number of rotatable bonds is 6. The smallest absolute Gasteiger partial charge is 0.225 e. The van der Waals surface area contributed by atoms with Crippen LogP contribution in [0, 0.1) is 0 Å². The molecular formula is C16H25N3O2. The van der Waals surface area contributed by atoms with E-state index in [1.54, 1.807) is 25.3 Å². The zero-order chi connectivity index (χ0) is 15.2. The van der Waals surface area contributed by atoms with E-state index >= 15 is 0 Å². The van der Waals surface area contributed by atoms with E-state index in [1.165, 1.54) is 12.8 Å². The fourth-order valence-corrected chi connectivity index (χ4v) is 2.92. The third-order valence-corrected chi connectivity index (χ3v) is 4.10. The average molecular weight is 291 g/mol. The molecule has 116 valence electrons. The second-order valence-corrected chi connectivity index (χ2v) is 5.50. The molecule has 0 aliphatic carbocycles. The minimum absolute atomic E-state index is 0.0137. The predicted molar refractivity (Wildman–Crippen MR) is 85.5 cm³/mol. The predicted octanol–water partition coefficient (Wildman–Crippen LogP) is 2.48. The monoisotopic (exact) mass is 291 g/mol. The lowest BCUT2D eigenvalue weighted by atomic mass is 10.1. The third-order valence-electron chi connectivity index (χ3n) is 4.10. The van der Waals surface area contributed by atoms with Crippen molar-refractivity contribution in [3.05, 3.63) is 18.2 Å². The van der Waals surface area contributed by atoms with Gasteiger partial charge in [0.2, 0.25) is 5.91 Å². The van der Waals surface area contributed by atoms with Crippen LogP contribution in [0.25, 0.3) is 0 Å². The van der Waals surface area contributed by atoms with Gasteiger partial charge >= 0.3 is 0 Å². The van der Waals surface area contributed by atoms with E-state index in [2.05, 4.69) is 17.1 Å². The molecule has 1 heterocycles. The number of carbonyl (C=O) groups excluding carboxylic acids is 1. The van der Waals surface area contributed by atoms with E-state index in [1.807, 2.05) is 0 Å². The Morgan fingerprint density at radius 2 is 2.33 bits per heavy atom. The van der Waals surface area contributed by atoms with Crippen LogP contribution in [0.5, 0.6) is 5.75 Å². The zero-order valence-corrected chi connectivity index (χ0v) is 12.9. The second-order valence-electron chi connectivity index (χ2n) is 5.50. The number of nitrogens with zero attached hydrogens (tertiary/aromatic N) is 1. The van der Waals surface area contributed by atoms with Crippen LogP contribution in [-0.2, 0) is 4.79 Å². The lowest BCUT2D eigenvalue weighted by Gasteiger charge is -2.22. The fraction of sp³-hybridized carbons (Fsp3) is 0.562. The van der Waals surface area contributed by atoms with Crippen LogP contribution in [0.2, 0.25) is 0 Å². The summed E-state index contributed by atoms with van der Waals surface area (Å²) in [6, 6.07) is 5.88. The van der Waals surface area contributed by atoms with Gasteiger partial charge in [-0.25, -0.2) is 0 Å². The van der Waals surface area contributed by atoms with Crippen molar-refractivity contribution in [3.8, 4) is 5.75 Å². The van der Waals surface area contributed by atoms with Crippen molar-refractivity contribution in [3.63, 3.8) is 0 Å². The lowest BCUT2D eigenvalue weighted by molar-refractivity contribution is -0.116. The SMILES string of the molecule is CCC1CCCN1CCC(=O)Nc1ccc(N)cc1OC. The van der Waals surface area contributed by atoms with Crippen molar-refractivity contribution in [1.29, 1.82) is 0 Å². The Balaban J connectivity index is 1.87. The van der Waals surface area contributed by atoms with Crippen molar-refractivity contribution in [2.45, 2.75) is 38.6 Å². The Kier molecular flexibility index (Phi) is 5.44. The fourth-order valence-electron chi connectivity index (χ4n) is 2.92. The maximum absolute atomic E-state index is 12.1. The largest absolute Gasteiger partial charge is 0.494 e. The van der Waals surface area contributed by atoms with Crippen LogP contribution in [0.1, 0.15) is 32.6 Å². The van der Waals surface area contributed by atoms with Gasteiger partial charge in [-0.1, -0.05) is 6.92 Å². The summed E-state index contributed by atoms with van der Waals surface area (Å²) in [4.78, 5) is 14.5. The van der Waals surface area contributed by atoms with E-state index in [9.17, 15) is 4.79 Å². The molecule has 1 aromatic rings. The molecule has 1 aromatic carbocycles. The number of nitrogen functional groups attached to an aromatic ring is 1. The van der Waals surface area contributed by atoms with E-state index in [0.29, 0.717) is 29.6 Å². The molecule has 0 aromatic heterocycles. The Morgan fingerprint density at radius 3 is 3.05 bits per heavy atom. The van der Waals surface area contributed by atoms with Gasteiger partial charge in [-0.2, -0.15) is 0 Å². The Labute approximate surface area is 126 Å². The topological polar surface area (TPSA) is 67.6 Å². The molecule has 5 nitrogen and oxygen atoms in total. The standard InChI is InChI=1S/C16H25N3O2/c1-3-13-5-4-9-19(13)10-8-16(20)18-14-7-6-12(17)11-15(14)21-2/h6-7,11,13H,3-5,8-10,17H2,1-2H3,(H,18,20). The van der Waals surface area contributed by atoms with Crippen LogP contribution in [0.15, 0.2) is 18.2 Å². The van der Waals surface area contributed by atoms with Crippen molar-refractivity contribution in [1.82, 2.24) is 4.90 Å². The first kappa shape index (κ1) is 15.6. The minimum Gasteiger partial charge on any atom is -0.494 e. The number of benzene rings is 1. The number of nitrogens with two attached hydrogens (primary N) is 1. The van der Waals surface area contributed by atoms with Crippen LogP contribution in [-0.4, -0.2) is 37.0 Å². The summed E-state index contributed by atoms with van der Waals surface area (Å²) >= 11 is 0. The summed E-state index contributed by atoms with van der Waals surface area (Å²) in [5.41, 5.74) is 7.00. The van der Waals surface area contributed by atoms with Gasteiger partial charge in [0.15, 0.2) is 0 Å². The number of hydrogen-bond acceptors (Lipinski definition) is 4. The van der Waals surface area contributed by atoms with Crippen LogP contribution in [0.4, 0.5) is 11.4 Å². The van der Waals surface area contributed by atoms with E-state index in [0.717, 1.165) is 19.5 Å². The Morgan fingerprint density at radius 1 is 1.52 bits per heavy atom. The molecule has 1 aliphatic rings. The molecule has 0 saturated carbocycles. The van der Waals surface area contributed by atoms with Crippen molar-refractivity contribution in [2.24, 2.45) is 0 Å². The molecule has 5 heteroatoms. The maximum atomic E-state index is 12.1. The van der Waals surface area contributed by atoms with Crippen molar-refractivity contribution in [2.75, 3.05) is 31.2 Å². The summed E-state index contributed by atoms with van der Waals surface area (Å²) in [5, 5.41) is 2.90. The molecule has 2 rings (SSSR count). The molecule has 21 heavy (non-hydrogen) atoms. The number of anilines is 2. The highest BCUT2D eigenvalue weighted by Gasteiger charge is 2.22. The van der Waals surface area contributed by atoms with Gasteiger partial charge in [-0.15, -0.1) is 0 Å².